The summed E-state index contributed by atoms with van der Waals surface area (Å²) < 4.78 is 0. The SMILES string of the molecule is O=C(c1cccc2ccccc12)N1CCC(C(=O)N2CCNCC2)CC1. The highest BCUT2D eigenvalue weighted by atomic mass is 16.2. The van der Waals surface area contributed by atoms with Crippen LogP contribution in [0.15, 0.2) is 42.5 Å². The van der Waals surface area contributed by atoms with Gasteiger partial charge in [0.1, 0.15) is 0 Å². The minimum atomic E-state index is 0.0599. The van der Waals surface area contributed by atoms with Crippen molar-refractivity contribution in [3.63, 3.8) is 0 Å². The molecule has 2 aliphatic heterocycles. The second-order valence-corrected chi connectivity index (χ2v) is 7.17. The Kier molecular flexibility index (Phi) is 4.89. The van der Waals surface area contributed by atoms with Crippen molar-refractivity contribution in [1.29, 1.82) is 0 Å². The molecule has 2 amide bonds. The van der Waals surface area contributed by atoms with E-state index in [1.54, 1.807) is 0 Å². The molecule has 2 aromatic rings. The van der Waals surface area contributed by atoms with Gasteiger partial charge in [0.25, 0.3) is 5.91 Å². The lowest BCUT2D eigenvalue weighted by Crippen LogP contribution is -2.50. The zero-order valence-electron chi connectivity index (χ0n) is 15.0. The van der Waals surface area contributed by atoms with Crippen LogP contribution in [-0.4, -0.2) is 60.9 Å². The Labute approximate surface area is 154 Å². The molecule has 0 bridgehead atoms. The number of piperazine rings is 1. The summed E-state index contributed by atoms with van der Waals surface area (Å²) in [5.41, 5.74) is 0.759. The van der Waals surface area contributed by atoms with Gasteiger partial charge in [-0.05, 0) is 29.7 Å². The maximum Gasteiger partial charge on any atom is 0.254 e. The van der Waals surface area contributed by atoms with E-state index in [9.17, 15) is 9.59 Å². The minimum absolute atomic E-state index is 0.0599. The van der Waals surface area contributed by atoms with Gasteiger partial charge in [-0.1, -0.05) is 36.4 Å². The number of hydrogen-bond donors (Lipinski definition) is 1. The van der Waals surface area contributed by atoms with Crippen molar-refractivity contribution in [3.05, 3.63) is 48.0 Å². The molecule has 136 valence electrons. The van der Waals surface area contributed by atoms with E-state index in [1.807, 2.05) is 52.3 Å². The van der Waals surface area contributed by atoms with Crippen LogP contribution in [0.2, 0.25) is 0 Å². The van der Waals surface area contributed by atoms with Crippen molar-refractivity contribution in [2.24, 2.45) is 5.92 Å². The van der Waals surface area contributed by atoms with Crippen molar-refractivity contribution in [2.45, 2.75) is 12.8 Å². The summed E-state index contributed by atoms with van der Waals surface area (Å²) in [5.74, 6) is 0.406. The van der Waals surface area contributed by atoms with E-state index in [1.165, 1.54) is 0 Å². The van der Waals surface area contributed by atoms with Gasteiger partial charge >= 0.3 is 0 Å². The maximum absolute atomic E-state index is 13.0. The van der Waals surface area contributed by atoms with Crippen molar-refractivity contribution in [1.82, 2.24) is 15.1 Å². The molecule has 5 nitrogen and oxygen atoms in total. The molecule has 26 heavy (non-hydrogen) atoms. The van der Waals surface area contributed by atoms with Crippen molar-refractivity contribution >= 4 is 22.6 Å². The van der Waals surface area contributed by atoms with E-state index in [0.717, 1.165) is 55.4 Å². The number of piperidine rings is 1. The molecule has 2 aromatic carbocycles. The van der Waals surface area contributed by atoms with Gasteiger partial charge in [-0.15, -0.1) is 0 Å². The van der Waals surface area contributed by atoms with Crippen LogP contribution in [-0.2, 0) is 4.79 Å². The average Bonchev–Trinajstić information content (AvgIpc) is 2.73. The number of fused-ring (bicyclic) bond motifs is 1. The summed E-state index contributed by atoms with van der Waals surface area (Å²) in [6.07, 6.45) is 1.53. The lowest BCUT2D eigenvalue weighted by Gasteiger charge is -2.35. The van der Waals surface area contributed by atoms with E-state index < -0.39 is 0 Å². The molecule has 0 spiro atoms. The highest BCUT2D eigenvalue weighted by Gasteiger charge is 2.31. The Hall–Kier alpha value is -2.40. The second-order valence-electron chi connectivity index (χ2n) is 7.17. The largest absolute Gasteiger partial charge is 0.340 e. The first-order valence-corrected chi connectivity index (χ1v) is 9.50. The number of nitrogens with zero attached hydrogens (tertiary/aromatic N) is 2. The fourth-order valence-corrected chi connectivity index (χ4v) is 4.06. The molecule has 2 fully saturated rings. The molecule has 0 unspecified atom stereocenters. The molecule has 2 heterocycles. The van der Waals surface area contributed by atoms with E-state index in [0.29, 0.717) is 13.1 Å². The molecule has 5 heteroatoms. The van der Waals surface area contributed by atoms with Crippen LogP contribution >= 0.6 is 0 Å². The third kappa shape index (κ3) is 3.31. The molecule has 2 aliphatic rings. The predicted molar refractivity (Wildman–Crippen MR) is 102 cm³/mol. The van der Waals surface area contributed by atoms with Gasteiger partial charge in [0.05, 0.1) is 0 Å². The standard InChI is InChI=1S/C21H25N3O2/c25-20(24-14-10-22-11-15-24)17-8-12-23(13-9-17)21(26)19-7-3-5-16-4-1-2-6-18(16)19/h1-7,17,22H,8-15H2. The van der Waals surface area contributed by atoms with Gasteiger partial charge in [0, 0.05) is 50.7 Å². The highest BCUT2D eigenvalue weighted by molar-refractivity contribution is 6.07. The molecular weight excluding hydrogens is 326 g/mol. The zero-order valence-corrected chi connectivity index (χ0v) is 15.0. The van der Waals surface area contributed by atoms with Crippen molar-refractivity contribution in [2.75, 3.05) is 39.3 Å². The number of carbonyl (C=O) groups is 2. The monoisotopic (exact) mass is 351 g/mol. The highest BCUT2D eigenvalue weighted by Crippen LogP contribution is 2.24. The zero-order chi connectivity index (χ0) is 17.9. The molecule has 2 saturated heterocycles. The summed E-state index contributed by atoms with van der Waals surface area (Å²) >= 11 is 0. The van der Waals surface area contributed by atoms with Gasteiger partial charge in [-0.3, -0.25) is 9.59 Å². The van der Waals surface area contributed by atoms with Gasteiger partial charge in [-0.2, -0.15) is 0 Å². The number of amides is 2. The first-order valence-electron chi connectivity index (χ1n) is 9.50. The van der Waals surface area contributed by atoms with Crippen molar-refractivity contribution in [3.8, 4) is 0 Å². The molecule has 1 N–H and O–H groups in total. The Morgan fingerprint density at radius 2 is 1.54 bits per heavy atom. The summed E-state index contributed by atoms with van der Waals surface area (Å²) in [6, 6.07) is 13.9. The van der Waals surface area contributed by atoms with Crippen LogP contribution in [0.4, 0.5) is 0 Å². The lowest BCUT2D eigenvalue weighted by molar-refractivity contribution is -0.137. The Bertz CT molecular complexity index is 801. The predicted octanol–water partition coefficient (Wildman–Crippen LogP) is 2.12. The van der Waals surface area contributed by atoms with E-state index in [-0.39, 0.29) is 17.7 Å². The van der Waals surface area contributed by atoms with Crippen LogP contribution < -0.4 is 5.32 Å². The van der Waals surface area contributed by atoms with Gasteiger partial charge in [-0.25, -0.2) is 0 Å². The average molecular weight is 351 g/mol. The summed E-state index contributed by atoms with van der Waals surface area (Å²) in [7, 11) is 0. The third-order valence-corrected chi connectivity index (χ3v) is 5.58. The quantitative estimate of drug-likeness (QED) is 0.902. The summed E-state index contributed by atoms with van der Waals surface area (Å²) in [6.45, 7) is 4.67. The van der Waals surface area contributed by atoms with Gasteiger partial charge in [0.2, 0.25) is 5.91 Å². The topological polar surface area (TPSA) is 52.7 Å². The van der Waals surface area contributed by atoms with Crippen LogP contribution in [0.1, 0.15) is 23.2 Å². The fourth-order valence-electron chi connectivity index (χ4n) is 4.06. The number of benzene rings is 2. The Morgan fingerprint density at radius 1 is 0.846 bits per heavy atom. The van der Waals surface area contributed by atoms with Gasteiger partial charge < -0.3 is 15.1 Å². The number of nitrogens with one attached hydrogen (secondary N) is 1. The molecule has 0 atom stereocenters. The van der Waals surface area contributed by atoms with E-state index in [2.05, 4.69) is 5.32 Å². The Balaban J connectivity index is 1.42. The fraction of sp³-hybridized carbons (Fsp3) is 0.429. The van der Waals surface area contributed by atoms with Crippen molar-refractivity contribution < 1.29 is 9.59 Å². The number of likely N-dealkylation sites (tertiary alicyclic amines) is 1. The molecule has 0 saturated carbocycles. The molecule has 4 rings (SSSR count). The number of carbonyl (C=O) groups excluding carboxylic acids is 2. The normalized spacial score (nSPS) is 18.9. The van der Waals surface area contributed by atoms with Crippen LogP contribution in [0, 0.1) is 5.92 Å². The first kappa shape index (κ1) is 17.0. The molecule has 0 aliphatic carbocycles. The Morgan fingerprint density at radius 3 is 2.31 bits per heavy atom. The summed E-state index contributed by atoms with van der Waals surface area (Å²) in [5, 5.41) is 5.36. The third-order valence-electron chi connectivity index (χ3n) is 5.58. The maximum atomic E-state index is 13.0. The van der Waals surface area contributed by atoms with Gasteiger partial charge in [0.15, 0.2) is 0 Å². The minimum Gasteiger partial charge on any atom is -0.340 e. The summed E-state index contributed by atoms with van der Waals surface area (Å²) in [4.78, 5) is 29.6. The number of hydrogen-bond acceptors (Lipinski definition) is 3. The van der Waals surface area contributed by atoms with Crippen LogP contribution in [0.5, 0.6) is 0 Å². The lowest BCUT2D eigenvalue weighted by atomic mass is 9.94. The van der Waals surface area contributed by atoms with E-state index in [4.69, 9.17) is 0 Å². The van der Waals surface area contributed by atoms with E-state index >= 15 is 0 Å². The number of rotatable bonds is 2. The smallest absolute Gasteiger partial charge is 0.254 e. The second kappa shape index (κ2) is 7.46. The van der Waals surface area contributed by atoms with Crippen LogP contribution in [0.25, 0.3) is 10.8 Å². The molecular formula is C21H25N3O2. The first-order chi connectivity index (χ1) is 12.7. The molecule has 0 aromatic heterocycles. The van der Waals surface area contributed by atoms with Crippen LogP contribution in [0.3, 0.4) is 0 Å². The molecule has 0 radical (unpaired) electrons.